The molecule has 0 bridgehead atoms. The number of rotatable bonds is 4. The first-order valence-electron chi connectivity index (χ1n) is 6.26. The fourth-order valence-electron chi connectivity index (χ4n) is 2.01. The SMILES string of the molecule is Clc1ccc(CNC2CC2)c(-c2ccccn2)c1. The minimum absolute atomic E-state index is 0.706. The van der Waals surface area contributed by atoms with Gasteiger partial charge in [-0.25, -0.2) is 0 Å². The largest absolute Gasteiger partial charge is 0.310 e. The highest BCUT2D eigenvalue weighted by molar-refractivity contribution is 6.30. The van der Waals surface area contributed by atoms with Crippen LogP contribution >= 0.6 is 11.6 Å². The smallest absolute Gasteiger partial charge is 0.0705 e. The van der Waals surface area contributed by atoms with E-state index in [9.17, 15) is 0 Å². The molecule has 1 aliphatic carbocycles. The quantitative estimate of drug-likeness (QED) is 0.905. The highest BCUT2D eigenvalue weighted by Crippen LogP contribution is 2.26. The van der Waals surface area contributed by atoms with Gasteiger partial charge in [-0.1, -0.05) is 23.7 Å². The third-order valence-electron chi connectivity index (χ3n) is 3.17. The van der Waals surface area contributed by atoms with E-state index < -0.39 is 0 Å². The van der Waals surface area contributed by atoms with Crippen molar-refractivity contribution in [3.8, 4) is 11.3 Å². The summed E-state index contributed by atoms with van der Waals surface area (Å²) >= 11 is 6.09. The summed E-state index contributed by atoms with van der Waals surface area (Å²) in [6.45, 7) is 0.883. The third-order valence-corrected chi connectivity index (χ3v) is 3.41. The first kappa shape index (κ1) is 11.7. The predicted molar refractivity (Wildman–Crippen MR) is 74.5 cm³/mol. The van der Waals surface area contributed by atoms with Gasteiger partial charge < -0.3 is 5.32 Å². The van der Waals surface area contributed by atoms with Crippen molar-refractivity contribution in [1.29, 1.82) is 0 Å². The average Bonchev–Trinajstić information content (AvgIpc) is 3.22. The zero-order chi connectivity index (χ0) is 12.4. The van der Waals surface area contributed by atoms with Gasteiger partial charge in [-0.2, -0.15) is 0 Å². The summed E-state index contributed by atoms with van der Waals surface area (Å²) in [7, 11) is 0. The molecule has 2 aromatic rings. The maximum Gasteiger partial charge on any atom is 0.0705 e. The molecule has 3 heteroatoms. The third kappa shape index (κ3) is 2.71. The predicted octanol–water partition coefficient (Wildman–Crippen LogP) is 3.65. The molecule has 0 radical (unpaired) electrons. The number of nitrogens with one attached hydrogen (secondary N) is 1. The van der Waals surface area contributed by atoms with E-state index in [2.05, 4.69) is 16.4 Å². The summed E-state index contributed by atoms with van der Waals surface area (Å²) < 4.78 is 0. The van der Waals surface area contributed by atoms with Gasteiger partial charge in [-0.05, 0) is 42.7 Å². The molecule has 1 aromatic heterocycles. The number of halogens is 1. The Balaban J connectivity index is 1.92. The van der Waals surface area contributed by atoms with Crippen LogP contribution in [-0.2, 0) is 6.54 Å². The Morgan fingerprint density at radius 3 is 2.83 bits per heavy atom. The standard InChI is InChI=1S/C15H15ClN2/c16-12-5-4-11(10-18-13-6-7-13)14(9-12)15-3-1-2-8-17-15/h1-5,8-9,13,18H,6-7,10H2. The number of nitrogens with zero attached hydrogens (tertiary/aromatic N) is 1. The lowest BCUT2D eigenvalue weighted by Crippen LogP contribution is -2.15. The van der Waals surface area contributed by atoms with Gasteiger partial charge in [0.1, 0.15) is 0 Å². The Morgan fingerprint density at radius 2 is 2.11 bits per heavy atom. The van der Waals surface area contributed by atoms with Crippen molar-refractivity contribution in [1.82, 2.24) is 10.3 Å². The van der Waals surface area contributed by atoms with Crippen molar-refractivity contribution in [2.24, 2.45) is 0 Å². The topological polar surface area (TPSA) is 24.9 Å². The average molecular weight is 259 g/mol. The summed E-state index contributed by atoms with van der Waals surface area (Å²) in [5, 5.41) is 4.29. The summed E-state index contributed by atoms with van der Waals surface area (Å²) in [6, 6.07) is 12.7. The van der Waals surface area contributed by atoms with Crippen LogP contribution in [0.25, 0.3) is 11.3 Å². The second-order valence-electron chi connectivity index (χ2n) is 4.67. The first-order valence-corrected chi connectivity index (χ1v) is 6.64. The Morgan fingerprint density at radius 1 is 1.22 bits per heavy atom. The molecule has 1 aromatic carbocycles. The second kappa shape index (κ2) is 5.09. The summed E-state index contributed by atoms with van der Waals surface area (Å²) in [6.07, 6.45) is 4.41. The van der Waals surface area contributed by atoms with Gasteiger partial charge in [0.15, 0.2) is 0 Å². The van der Waals surface area contributed by atoms with Crippen molar-refractivity contribution in [2.75, 3.05) is 0 Å². The molecule has 1 aliphatic rings. The van der Waals surface area contributed by atoms with E-state index in [0.717, 1.165) is 22.8 Å². The van der Waals surface area contributed by atoms with Crippen molar-refractivity contribution >= 4 is 11.6 Å². The number of benzene rings is 1. The molecular formula is C15H15ClN2. The molecule has 1 fully saturated rings. The molecular weight excluding hydrogens is 244 g/mol. The molecule has 1 saturated carbocycles. The molecule has 1 N–H and O–H groups in total. The summed E-state index contributed by atoms with van der Waals surface area (Å²) in [5.74, 6) is 0. The van der Waals surface area contributed by atoms with E-state index in [1.165, 1.54) is 18.4 Å². The van der Waals surface area contributed by atoms with Crippen molar-refractivity contribution in [3.63, 3.8) is 0 Å². The van der Waals surface area contributed by atoms with E-state index in [0.29, 0.717) is 6.04 Å². The zero-order valence-electron chi connectivity index (χ0n) is 10.1. The Labute approximate surface area is 112 Å². The molecule has 3 rings (SSSR count). The Kier molecular flexibility index (Phi) is 3.31. The van der Waals surface area contributed by atoms with Gasteiger partial charge >= 0.3 is 0 Å². The fourth-order valence-corrected chi connectivity index (χ4v) is 2.18. The lowest BCUT2D eigenvalue weighted by molar-refractivity contribution is 0.688. The first-order chi connectivity index (χ1) is 8.83. The molecule has 92 valence electrons. The van der Waals surface area contributed by atoms with Crippen molar-refractivity contribution in [3.05, 3.63) is 53.2 Å². The molecule has 0 saturated heterocycles. The molecule has 0 unspecified atom stereocenters. The summed E-state index contributed by atoms with van der Waals surface area (Å²) in [5.41, 5.74) is 3.36. The molecule has 0 atom stereocenters. The van der Waals surface area contributed by atoms with E-state index in [1.807, 2.05) is 36.5 Å². The van der Waals surface area contributed by atoms with Crippen molar-refractivity contribution in [2.45, 2.75) is 25.4 Å². The lowest BCUT2D eigenvalue weighted by atomic mass is 10.0. The minimum atomic E-state index is 0.706. The van der Waals surface area contributed by atoms with Gasteiger partial charge in [0, 0.05) is 29.4 Å². The Hall–Kier alpha value is -1.38. The van der Waals surface area contributed by atoms with Gasteiger partial charge in [-0.3, -0.25) is 4.98 Å². The molecule has 0 spiro atoms. The van der Waals surface area contributed by atoms with Gasteiger partial charge in [0.25, 0.3) is 0 Å². The van der Waals surface area contributed by atoms with Crippen LogP contribution in [0.15, 0.2) is 42.6 Å². The van der Waals surface area contributed by atoms with Crippen LogP contribution in [0.2, 0.25) is 5.02 Å². The molecule has 0 aliphatic heterocycles. The number of hydrogen-bond donors (Lipinski definition) is 1. The van der Waals surface area contributed by atoms with Crippen LogP contribution in [0.5, 0.6) is 0 Å². The maximum absolute atomic E-state index is 6.09. The summed E-state index contributed by atoms with van der Waals surface area (Å²) in [4.78, 5) is 4.41. The molecule has 0 amide bonds. The van der Waals surface area contributed by atoms with Crippen LogP contribution in [-0.4, -0.2) is 11.0 Å². The van der Waals surface area contributed by atoms with Crippen LogP contribution in [0.1, 0.15) is 18.4 Å². The fraction of sp³-hybridized carbons (Fsp3) is 0.267. The van der Waals surface area contributed by atoms with E-state index >= 15 is 0 Å². The van der Waals surface area contributed by atoms with Crippen LogP contribution < -0.4 is 5.32 Å². The second-order valence-corrected chi connectivity index (χ2v) is 5.11. The molecule has 18 heavy (non-hydrogen) atoms. The van der Waals surface area contributed by atoms with Gasteiger partial charge in [0.05, 0.1) is 5.69 Å². The highest BCUT2D eigenvalue weighted by Gasteiger charge is 2.20. The van der Waals surface area contributed by atoms with Crippen LogP contribution in [0, 0.1) is 0 Å². The Bertz CT molecular complexity index is 535. The maximum atomic E-state index is 6.09. The van der Waals surface area contributed by atoms with E-state index in [-0.39, 0.29) is 0 Å². The number of aromatic nitrogens is 1. The van der Waals surface area contributed by atoms with Crippen LogP contribution in [0.3, 0.4) is 0 Å². The normalized spacial score (nSPS) is 14.7. The molecule has 1 heterocycles. The minimum Gasteiger partial charge on any atom is -0.310 e. The monoisotopic (exact) mass is 258 g/mol. The number of hydrogen-bond acceptors (Lipinski definition) is 2. The number of pyridine rings is 1. The molecule has 2 nitrogen and oxygen atoms in total. The van der Waals surface area contributed by atoms with Crippen molar-refractivity contribution < 1.29 is 0 Å². The highest BCUT2D eigenvalue weighted by atomic mass is 35.5. The van der Waals surface area contributed by atoms with E-state index in [1.54, 1.807) is 0 Å². The zero-order valence-corrected chi connectivity index (χ0v) is 10.8. The van der Waals surface area contributed by atoms with Crippen LogP contribution in [0.4, 0.5) is 0 Å². The van der Waals surface area contributed by atoms with Gasteiger partial charge in [-0.15, -0.1) is 0 Å². The van der Waals surface area contributed by atoms with Gasteiger partial charge in [0.2, 0.25) is 0 Å². The van der Waals surface area contributed by atoms with E-state index in [4.69, 9.17) is 11.6 Å². The lowest BCUT2D eigenvalue weighted by Gasteiger charge is -2.10.